The molecular weight excluding hydrogens is 208 g/mol. The lowest BCUT2D eigenvalue weighted by Crippen LogP contribution is -2.33. The third-order valence-corrected chi connectivity index (χ3v) is 3.19. The van der Waals surface area contributed by atoms with Crippen molar-refractivity contribution in [1.82, 2.24) is 0 Å². The van der Waals surface area contributed by atoms with Crippen LogP contribution in [0.15, 0.2) is 24.0 Å². The predicted molar refractivity (Wildman–Crippen MR) is 50.4 cm³/mol. The molecule has 6 heteroatoms. The first-order valence-corrected chi connectivity index (χ1v) is 5.59. The molecule has 2 unspecified atom stereocenters. The van der Waals surface area contributed by atoms with Gasteiger partial charge in [0.2, 0.25) is 0 Å². The highest BCUT2D eigenvalue weighted by molar-refractivity contribution is 7.86. The summed E-state index contributed by atoms with van der Waals surface area (Å²) in [7, 11) is -4.25. The Balaban J connectivity index is 3.04. The summed E-state index contributed by atoms with van der Waals surface area (Å²) in [6.45, 7) is 1.64. The smallest absolute Gasteiger partial charge is 0.275 e. The minimum Gasteiger partial charge on any atom is -0.509 e. The van der Waals surface area contributed by atoms with Gasteiger partial charge in [-0.05, 0) is 18.6 Å². The van der Waals surface area contributed by atoms with Gasteiger partial charge in [0.05, 0.1) is 0 Å². The van der Waals surface area contributed by atoms with E-state index in [0.717, 1.165) is 12.2 Å². The van der Waals surface area contributed by atoms with Gasteiger partial charge in [-0.25, -0.2) is 0 Å². The Morgan fingerprint density at radius 3 is 2.50 bits per heavy atom. The van der Waals surface area contributed by atoms with Gasteiger partial charge in [-0.3, -0.25) is 4.55 Å². The Labute approximate surface area is 82.1 Å². The average molecular weight is 220 g/mol. The van der Waals surface area contributed by atoms with E-state index in [1.807, 2.05) is 0 Å². The van der Waals surface area contributed by atoms with Crippen LogP contribution in [0, 0.1) is 0 Å². The first-order chi connectivity index (χ1) is 6.29. The molecule has 0 fully saturated rings. The van der Waals surface area contributed by atoms with Gasteiger partial charge in [-0.1, -0.05) is 13.0 Å². The van der Waals surface area contributed by atoms with Crippen LogP contribution < -0.4 is 0 Å². The van der Waals surface area contributed by atoms with E-state index >= 15 is 0 Å². The third kappa shape index (κ3) is 1.97. The fourth-order valence-corrected chi connectivity index (χ4v) is 1.76. The van der Waals surface area contributed by atoms with Crippen molar-refractivity contribution in [2.45, 2.75) is 24.2 Å². The van der Waals surface area contributed by atoms with Crippen LogP contribution in [0.2, 0.25) is 0 Å². The Morgan fingerprint density at radius 1 is 1.57 bits per heavy atom. The second-order valence-electron chi connectivity index (χ2n) is 3.17. The number of hydrogen-bond acceptors (Lipinski definition) is 4. The second kappa shape index (κ2) is 3.38. The molecule has 0 aliphatic heterocycles. The maximum Gasteiger partial charge on any atom is 0.275 e. The first-order valence-electron chi connectivity index (χ1n) is 4.09. The molecule has 0 aromatic carbocycles. The van der Waals surface area contributed by atoms with Gasteiger partial charge in [0.15, 0.2) is 0 Å². The molecular formula is C8H12O5S. The van der Waals surface area contributed by atoms with Gasteiger partial charge in [0.25, 0.3) is 10.1 Å². The molecule has 1 aliphatic carbocycles. The van der Waals surface area contributed by atoms with Crippen molar-refractivity contribution in [1.29, 1.82) is 0 Å². The summed E-state index contributed by atoms with van der Waals surface area (Å²) in [5.74, 6) is -0.454. The summed E-state index contributed by atoms with van der Waals surface area (Å²) >= 11 is 0. The molecule has 0 bridgehead atoms. The molecule has 0 aromatic heterocycles. The quantitative estimate of drug-likeness (QED) is 0.462. The average Bonchev–Trinajstić information content (AvgIpc) is 2.08. The number of aliphatic hydroxyl groups excluding tert-OH is 1. The van der Waals surface area contributed by atoms with E-state index in [1.54, 1.807) is 6.92 Å². The number of aliphatic hydroxyl groups is 2. The fraction of sp³-hybridized carbons (Fsp3) is 0.500. The third-order valence-electron chi connectivity index (χ3n) is 2.21. The van der Waals surface area contributed by atoms with Crippen LogP contribution in [0.25, 0.3) is 0 Å². The molecule has 0 amide bonds. The van der Waals surface area contributed by atoms with E-state index in [1.165, 1.54) is 6.08 Å². The molecule has 0 saturated carbocycles. The molecule has 5 nitrogen and oxygen atoms in total. The van der Waals surface area contributed by atoms with E-state index < -0.39 is 26.7 Å². The molecule has 0 radical (unpaired) electrons. The Bertz CT molecular complexity index is 381. The van der Waals surface area contributed by atoms with Crippen molar-refractivity contribution in [2.75, 3.05) is 0 Å². The summed E-state index contributed by atoms with van der Waals surface area (Å²) in [6.07, 6.45) is 3.45. The normalized spacial score (nSPS) is 32.8. The zero-order valence-electron chi connectivity index (χ0n) is 7.58. The van der Waals surface area contributed by atoms with Crippen molar-refractivity contribution in [3.63, 3.8) is 0 Å². The van der Waals surface area contributed by atoms with E-state index in [-0.39, 0.29) is 6.42 Å². The minimum absolute atomic E-state index is 0.226. The largest absolute Gasteiger partial charge is 0.509 e. The molecule has 1 aliphatic rings. The molecule has 0 aromatic rings. The van der Waals surface area contributed by atoms with Gasteiger partial charge < -0.3 is 10.2 Å². The van der Waals surface area contributed by atoms with Crippen molar-refractivity contribution >= 4 is 10.1 Å². The minimum atomic E-state index is -4.25. The van der Waals surface area contributed by atoms with E-state index in [9.17, 15) is 18.6 Å². The first kappa shape index (κ1) is 11.2. The molecule has 80 valence electrons. The fourth-order valence-electron chi connectivity index (χ4n) is 1.18. The lowest BCUT2D eigenvalue weighted by molar-refractivity contribution is 0.0743. The van der Waals surface area contributed by atoms with Crippen LogP contribution in [0.5, 0.6) is 0 Å². The van der Waals surface area contributed by atoms with Gasteiger partial charge in [-0.15, -0.1) is 0 Å². The van der Waals surface area contributed by atoms with Crippen molar-refractivity contribution in [3.8, 4) is 0 Å². The zero-order chi connectivity index (χ0) is 11.0. The van der Waals surface area contributed by atoms with Crippen molar-refractivity contribution < 1.29 is 23.2 Å². The predicted octanol–water partition coefficient (Wildman–Crippen LogP) is 0.396. The van der Waals surface area contributed by atoms with Gasteiger partial charge in [0, 0.05) is 0 Å². The molecule has 3 N–H and O–H groups in total. The van der Waals surface area contributed by atoms with Crippen molar-refractivity contribution in [3.05, 3.63) is 24.0 Å². The highest BCUT2D eigenvalue weighted by Crippen LogP contribution is 2.26. The monoisotopic (exact) mass is 220 g/mol. The maximum absolute atomic E-state index is 10.7. The van der Waals surface area contributed by atoms with E-state index in [4.69, 9.17) is 4.55 Å². The van der Waals surface area contributed by atoms with Gasteiger partial charge in [-0.2, -0.15) is 8.42 Å². The van der Waals surface area contributed by atoms with E-state index in [0.29, 0.717) is 0 Å². The number of rotatable bonds is 2. The topological polar surface area (TPSA) is 94.8 Å². The zero-order valence-corrected chi connectivity index (χ0v) is 8.40. The van der Waals surface area contributed by atoms with Crippen LogP contribution in [-0.4, -0.2) is 34.0 Å². The van der Waals surface area contributed by atoms with Crippen LogP contribution in [0.1, 0.15) is 13.3 Å². The van der Waals surface area contributed by atoms with Gasteiger partial charge in [0.1, 0.15) is 16.6 Å². The SMILES string of the molecule is CCC1(O)C=CC(S(=O)(=O)O)C=C1O. The molecule has 1 rings (SSSR count). The summed E-state index contributed by atoms with van der Waals surface area (Å²) < 4.78 is 30.1. The highest BCUT2D eigenvalue weighted by Gasteiger charge is 2.33. The van der Waals surface area contributed by atoms with Crippen LogP contribution in [-0.2, 0) is 10.1 Å². The Morgan fingerprint density at radius 2 is 2.14 bits per heavy atom. The Kier molecular flexibility index (Phi) is 2.71. The summed E-state index contributed by atoms with van der Waals surface area (Å²) in [5, 5.41) is 17.7. The second-order valence-corrected chi connectivity index (χ2v) is 4.74. The van der Waals surface area contributed by atoms with E-state index in [2.05, 4.69) is 0 Å². The number of hydrogen-bond donors (Lipinski definition) is 3. The van der Waals surface area contributed by atoms with Crippen LogP contribution in [0.4, 0.5) is 0 Å². The molecule has 0 heterocycles. The molecule has 2 atom stereocenters. The summed E-state index contributed by atoms with van der Waals surface area (Å²) in [4.78, 5) is 0. The molecule has 0 spiro atoms. The highest BCUT2D eigenvalue weighted by atomic mass is 32.2. The standard InChI is InChI=1S/C8H12O5S/c1-2-8(10)4-3-6(5-7(8)9)14(11,12)13/h3-6,9-10H,2H2,1H3,(H,11,12,13). The summed E-state index contributed by atoms with van der Waals surface area (Å²) in [6, 6.07) is 0. The van der Waals surface area contributed by atoms with Crippen LogP contribution >= 0.6 is 0 Å². The summed E-state index contributed by atoms with van der Waals surface area (Å²) in [5.41, 5.74) is -1.51. The molecule has 0 saturated heterocycles. The maximum atomic E-state index is 10.7. The van der Waals surface area contributed by atoms with Crippen molar-refractivity contribution in [2.24, 2.45) is 0 Å². The van der Waals surface area contributed by atoms with Gasteiger partial charge >= 0.3 is 0 Å². The molecule has 14 heavy (non-hydrogen) atoms. The Hall–Kier alpha value is -0.850. The lowest BCUT2D eigenvalue weighted by atomic mass is 9.93. The lowest BCUT2D eigenvalue weighted by Gasteiger charge is -2.26. The van der Waals surface area contributed by atoms with Crippen LogP contribution in [0.3, 0.4) is 0 Å².